The maximum atomic E-state index is 12.0. The number of ether oxygens (including phenoxy) is 1. The van der Waals surface area contributed by atoms with E-state index in [2.05, 4.69) is 17.1 Å². The van der Waals surface area contributed by atoms with Crippen molar-refractivity contribution in [2.24, 2.45) is 5.73 Å². The van der Waals surface area contributed by atoms with Crippen LogP contribution in [0.25, 0.3) is 0 Å². The van der Waals surface area contributed by atoms with Crippen molar-refractivity contribution in [2.75, 3.05) is 26.2 Å². The summed E-state index contributed by atoms with van der Waals surface area (Å²) in [7, 11) is 0. The molecule has 5 heteroatoms. The van der Waals surface area contributed by atoms with Crippen molar-refractivity contribution in [1.29, 1.82) is 0 Å². The van der Waals surface area contributed by atoms with E-state index in [1.54, 1.807) is 0 Å². The Hall–Kier alpha value is -0.650. The van der Waals surface area contributed by atoms with Crippen molar-refractivity contribution < 1.29 is 9.53 Å². The molecule has 2 aliphatic heterocycles. The predicted molar refractivity (Wildman–Crippen MR) is 70.2 cm³/mol. The molecule has 5 nitrogen and oxygen atoms in total. The zero-order valence-corrected chi connectivity index (χ0v) is 11.2. The third-order valence-corrected chi connectivity index (χ3v) is 3.78. The Bertz CT molecular complexity index is 279. The maximum Gasteiger partial charge on any atom is 0.249 e. The van der Waals surface area contributed by atoms with Crippen molar-refractivity contribution in [3.8, 4) is 0 Å². The third kappa shape index (κ3) is 3.67. The van der Waals surface area contributed by atoms with Crippen molar-refractivity contribution >= 4 is 5.91 Å². The normalized spacial score (nSPS) is 30.6. The molecule has 104 valence electrons. The Morgan fingerprint density at radius 1 is 1.44 bits per heavy atom. The maximum absolute atomic E-state index is 12.0. The number of rotatable bonds is 5. The fourth-order valence-electron chi connectivity index (χ4n) is 2.81. The van der Waals surface area contributed by atoms with Crippen molar-refractivity contribution in [3.05, 3.63) is 0 Å². The SMILES string of the molecule is CC(CN1CCCC1)NC(=O)C1CCC(CN)O1. The van der Waals surface area contributed by atoms with Crippen LogP contribution in [0.4, 0.5) is 0 Å². The highest BCUT2D eigenvalue weighted by Gasteiger charge is 2.30. The summed E-state index contributed by atoms with van der Waals surface area (Å²) in [5.41, 5.74) is 5.54. The third-order valence-electron chi connectivity index (χ3n) is 3.78. The smallest absolute Gasteiger partial charge is 0.249 e. The molecule has 2 heterocycles. The van der Waals surface area contributed by atoms with Gasteiger partial charge in [-0.25, -0.2) is 0 Å². The molecular weight excluding hydrogens is 230 g/mol. The van der Waals surface area contributed by atoms with Gasteiger partial charge in [-0.2, -0.15) is 0 Å². The summed E-state index contributed by atoms with van der Waals surface area (Å²) >= 11 is 0. The van der Waals surface area contributed by atoms with Crippen LogP contribution in [0.5, 0.6) is 0 Å². The quantitative estimate of drug-likeness (QED) is 0.731. The number of likely N-dealkylation sites (tertiary alicyclic amines) is 1. The minimum atomic E-state index is -0.292. The van der Waals surface area contributed by atoms with Crippen LogP contribution >= 0.6 is 0 Å². The molecule has 2 rings (SSSR count). The molecular formula is C13H25N3O2. The highest BCUT2D eigenvalue weighted by atomic mass is 16.5. The molecule has 2 saturated heterocycles. The molecule has 0 saturated carbocycles. The van der Waals surface area contributed by atoms with Crippen LogP contribution in [0.3, 0.4) is 0 Å². The van der Waals surface area contributed by atoms with E-state index < -0.39 is 0 Å². The molecule has 0 aromatic heterocycles. The van der Waals surface area contributed by atoms with E-state index in [4.69, 9.17) is 10.5 Å². The Balaban J connectivity index is 1.70. The molecule has 2 fully saturated rings. The van der Waals surface area contributed by atoms with Gasteiger partial charge in [0.15, 0.2) is 0 Å². The molecule has 3 unspecified atom stereocenters. The molecule has 1 amide bonds. The van der Waals surface area contributed by atoms with Crippen LogP contribution < -0.4 is 11.1 Å². The van der Waals surface area contributed by atoms with E-state index in [9.17, 15) is 4.79 Å². The van der Waals surface area contributed by atoms with Gasteiger partial charge in [-0.3, -0.25) is 4.79 Å². The van der Waals surface area contributed by atoms with E-state index in [1.807, 2.05) is 0 Å². The van der Waals surface area contributed by atoms with E-state index >= 15 is 0 Å². The summed E-state index contributed by atoms with van der Waals surface area (Å²) < 4.78 is 5.59. The number of nitrogens with zero attached hydrogens (tertiary/aromatic N) is 1. The van der Waals surface area contributed by atoms with Crippen LogP contribution in [0.1, 0.15) is 32.6 Å². The van der Waals surface area contributed by atoms with Crippen molar-refractivity contribution in [1.82, 2.24) is 10.2 Å². The van der Waals surface area contributed by atoms with Gasteiger partial charge in [0.05, 0.1) is 6.10 Å². The predicted octanol–water partition coefficient (Wildman–Crippen LogP) is 0.0932. The van der Waals surface area contributed by atoms with Gasteiger partial charge in [0.25, 0.3) is 0 Å². The summed E-state index contributed by atoms with van der Waals surface area (Å²) in [6, 6.07) is 0.191. The minimum absolute atomic E-state index is 0.0256. The summed E-state index contributed by atoms with van der Waals surface area (Å²) in [6.07, 6.45) is 4.03. The van der Waals surface area contributed by atoms with Gasteiger partial charge < -0.3 is 20.7 Å². The standard InChI is InChI=1S/C13H25N3O2/c1-10(9-16-6-2-3-7-16)15-13(17)12-5-4-11(8-14)18-12/h10-12H,2-9,14H2,1H3,(H,15,17). The number of nitrogens with two attached hydrogens (primary N) is 1. The van der Waals surface area contributed by atoms with Crippen LogP contribution in [0, 0.1) is 0 Å². The lowest BCUT2D eigenvalue weighted by Gasteiger charge is -2.22. The number of carbonyl (C=O) groups is 1. The lowest BCUT2D eigenvalue weighted by molar-refractivity contribution is -0.132. The summed E-state index contributed by atoms with van der Waals surface area (Å²) in [4.78, 5) is 14.4. The number of hydrogen-bond donors (Lipinski definition) is 2. The van der Waals surface area contributed by atoms with Crippen LogP contribution in [0.15, 0.2) is 0 Å². The molecule has 0 aliphatic carbocycles. The van der Waals surface area contributed by atoms with E-state index in [-0.39, 0.29) is 24.2 Å². The first-order valence-electron chi connectivity index (χ1n) is 7.07. The largest absolute Gasteiger partial charge is 0.364 e. The lowest BCUT2D eigenvalue weighted by Crippen LogP contribution is -2.45. The number of amides is 1. The second kappa shape index (κ2) is 6.50. The van der Waals surface area contributed by atoms with Crippen molar-refractivity contribution in [3.63, 3.8) is 0 Å². The average molecular weight is 255 g/mol. The van der Waals surface area contributed by atoms with E-state index in [1.165, 1.54) is 12.8 Å². The number of nitrogens with one attached hydrogen (secondary N) is 1. The molecule has 3 N–H and O–H groups in total. The Kier molecular flexibility index (Phi) is 4.97. The Morgan fingerprint density at radius 3 is 2.78 bits per heavy atom. The van der Waals surface area contributed by atoms with Gasteiger partial charge >= 0.3 is 0 Å². The van der Waals surface area contributed by atoms with E-state index in [0.717, 1.165) is 32.5 Å². The summed E-state index contributed by atoms with van der Waals surface area (Å²) in [5, 5.41) is 3.05. The van der Waals surface area contributed by atoms with Gasteiger partial charge in [0, 0.05) is 19.1 Å². The molecule has 0 aromatic rings. The van der Waals surface area contributed by atoms with Crippen LogP contribution in [0.2, 0.25) is 0 Å². The highest BCUT2D eigenvalue weighted by molar-refractivity contribution is 5.81. The second-order valence-electron chi connectivity index (χ2n) is 5.48. The zero-order chi connectivity index (χ0) is 13.0. The van der Waals surface area contributed by atoms with Gasteiger partial charge in [0.2, 0.25) is 5.91 Å². The molecule has 2 aliphatic rings. The van der Waals surface area contributed by atoms with E-state index in [0.29, 0.717) is 6.54 Å². The van der Waals surface area contributed by atoms with Gasteiger partial charge in [-0.05, 0) is 45.7 Å². The number of hydrogen-bond acceptors (Lipinski definition) is 4. The van der Waals surface area contributed by atoms with Crippen molar-refractivity contribution in [2.45, 2.75) is 50.9 Å². The minimum Gasteiger partial charge on any atom is -0.364 e. The summed E-state index contributed by atoms with van der Waals surface area (Å²) in [5.74, 6) is 0.0256. The second-order valence-corrected chi connectivity index (χ2v) is 5.48. The fourth-order valence-corrected chi connectivity index (χ4v) is 2.81. The van der Waals surface area contributed by atoms with Crippen LogP contribution in [-0.2, 0) is 9.53 Å². The number of carbonyl (C=O) groups excluding carboxylic acids is 1. The first-order valence-corrected chi connectivity index (χ1v) is 7.07. The van der Waals surface area contributed by atoms with Gasteiger partial charge in [-0.1, -0.05) is 0 Å². The molecule has 3 atom stereocenters. The summed E-state index contributed by atoms with van der Waals surface area (Å²) in [6.45, 7) is 5.84. The highest BCUT2D eigenvalue weighted by Crippen LogP contribution is 2.19. The Labute approximate surface area is 109 Å². The van der Waals surface area contributed by atoms with Gasteiger partial charge in [-0.15, -0.1) is 0 Å². The topological polar surface area (TPSA) is 67.6 Å². The zero-order valence-electron chi connectivity index (χ0n) is 11.2. The molecule has 0 bridgehead atoms. The first-order chi connectivity index (χ1) is 8.69. The lowest BCUT2D eigenvalue weighted by atomic mass is 10.2. The molecule has 0 spiro atoms. The first kappa shape index (κ1) is 13.8. The Morgan fingerprint density at radius 2 is 2.17 bits per heavy atom. The average Bonchev–Trinajstić information content (AvgIpc) is 2.98. The monoisotopic (exact) mass is 255 g/mol. The molecule has 0 radical (unpaired) electrons. The molecule has 18 heavy (non-hydrogen) atoms. The molecule has 0 aromatic carbocycles. The van der Waals surface area contributed by atoms with Crippen LogP contribution in [-0.4, -0.2) is 55.2 Å². The fraction of sp³-hybridized carbons (Fsp3) is 0.923. The van der Waals surface area contributed by atoms with Gasteiger partial charge in [0.1, 0.15) is 6.10 Å².